The molecular formula is C32H42N4O5. The number of rotatable bonds is 13. The van der Waals surface area contributed by atoms with E-state index in [1.54, 1.807) is 6.92 Å². The van der Waals surface area contributed by atoms with Crippen molar-refractivity contribution in [3.63, 3.8) is 0 Å². The van der Waals surface area contributed by atoms with Crippen molar-refractivity contribution in [1.29, 1.82) is 0 Å². The minimum atomic E-state index is -0.824. The number of nitrogens with zero attached hydrogens (tertiary/aromatic N) is 3. The molecule has 0 bridgehead atoms. The zero-order chi connectivity index (χ0) is 29.4. The summed E-state index contributed by atoms with van der Waals surface area (Å²) in [6.45, 7) is 10.8. The van der Waals surface area contributed by atoms with Crippen LogP contribution in [0.5, 0.6) is 5.75 Å². The number of aromatic amines is 1. The third-order valence-electron chi connectivity index (χ3n) is 7.48. The van der Waals surface area contributed by atoms with Crippen molar-refractivity contribution in [3.8, 4) is 5.75 Å². The molecule has 2 atom stereocenters. The number of anilines is 1. The van der Waals surface area contributed by atoms with Gasteiger partial charge in [0.15, 0.2) is 17.8 Å². The summed E-state index contributed by atoms with van der Waals surface area (Å²) < 4.78 is 11.9. The van der Waals surface area contributed by atoms with Gasteiger partial charge < -0.3 is 24.5 Å². The molecule has 3 aromatic rings. The summed E-state index contributed by atoms with van der Waals surface area (Å²) in [6, 6.07) is 15.0. The molecular weight excluding hydrogens is 520 g/mol. The Morgan fingerprint density at radius 3 is 2.41 bits per heavy atom. The number of piperazine rings is 1. The van der Waals surface area contributed by atoms with Crippen LogP contribution in [0.1, 0.15) is 67.1 Å². The number of benzene rings is 2. The number of aliphatic hydroxyl groups excluding tert-OH is 1. The number of carbonyl (C=O) groups excluding carboxylic acids is 1. The number of H-pyrrole nitrogens is 1. The number of ether oxygens (including phenoxy) is 2. The first-order chi connectivity index (χ1) is 19.8. The molecule has 1 aliphatic heterocycles. The van der Waals surface area contributed by atoms with Crippen molar-refractivity contribution in [2.75, 3.05) is 37.7 Å². The minimum Gasteiger partial charge on any atom is -0.491 e. The van der Waals surface area contributed by atoms with Gasteiger partial charge in [0.05, 0.1) is 23.6 Å². The fraction of sp³-hybridized carbons (Fsp3) is 0.469. The first-order valence-corrected chi connectivity index (χ1v) is 14.6. The van der Waals surface area contributed by atoms with Crippen LogP contribution in [-0.2, 0) is 24.0 Å². The molecule has 0 aliphatic carbocycles. The zero-order valence-corrected chi connectivity index (χ0v) is 24.6. The van der Waals surface area contributed by atoms with E-state index < -0.39 is 6.29 Å². The zero-order valence-electron chi connectivity index (χ0n) is 24.6. The van der Waals surface area contributed by atoms with Crippen LogP contribution in [0.3, 0.4) is 0 Å². The molecule has 41 heavy (non-hydrogen) atoms. The second-order valence-electron chi connectivity index (χ2n) is 10.3. The smallest absolute Gasteiger partial charge is 0.254 e. The molecule has 2 unspecified atom stereocenters. The number of carbonyl (C=O) groups is 1. The fourth-order valence-electron chi connectivity index (χ4n) is 5.33. The first kappa shape index (κ1) is 30.4. The number of aliphatic hydroxyl groups is 1. The van der Waals surface area contributed by atoms with Gasteiger partial charge in [-0.3, -0.25) is 14.5 Å². The molecule has 1 fully saturated rings. The summed E-state index contributed by atoms with van der Waals surface area (Å²) in [4.78, 5) is 38.1. The van der Waals surface area contributed by atoms with Gasteiger partial charge in [0, 0.05) is 43.7 Å². The lowest BCUT2D eigenvalue weighted by Gasteiger charge is -2.39. The van der Waals surface area contributed by atoms with Crippen LogP contribution >= 0.6 is 0 Å². The highest BCUT2D eigenvalue weighted by Crippen LogP contribution is 2.35. The Bertz CT molecular complexity index is 1350. The maximum Gasteiger partial charge on any atom is 0.254 e. The Morgan fingerprint density at radius 2 is 1.76 bits per heavy atom. The second kappa shape index (κ2) is 14.4. The Morgan fingerprint density at radius 1 is 1.02 bits per heavy atom. The molecule has 1 saturated heterocycles. The molecule has 9 heteroatoms. The standard InChI is InChI=1S/C32H42N4O5/c1-5-25-27(6-2)33-29(34-32(25)39)16-11-21-40-31-26(30(38)24-12-8-7-9-13-24)14-10-15-28(31)36-19-17-35(18-20-36)22(3)41-23(4)37/h7-10,12-15,22-23,37H,5-6,11,16-21H2,1-4H3,(H,33,34,39). The predicted octanol–water partition coefficient (Wildman–Crippen LogP) is 3.96. The number of aromatic nitrogens is 2. The summed E-state index contributed by atoms with van der Waals surface area (Å²) >= 11 is 0. The Balaban J connectivity index is 1.52. The maximum absolute atomic E-state index is 13.6. The molecule has 2 aromatic carbocycles. The van der Waals surface area contributed by atoms with Gasteiger partial charge in [-0.1, -0.05) is 50.2 Å². The molecule has 9 nitrogen and oxygen atoms in total. The number of hydrogen-bond acceptors (Lipinski definition) is 8. The Hall–Kier alpha value is -3.53. The summed E-state index contributed by atoms with van der Waals surface area (Å²) in [6.07, 6.45) is 1.55. The number of aryl methyl sites for hydroxylation is 2. The van der Waals surface area contributed by atoms with E-state index in [1.165, 1.54) is 0 Å². The fourth-order valence-corrected chi connectivity index (χ4v) is 5.33. The van der Waals surface area contributed by atoms with Gasteiger partial charge in [-0.05, 0) is 45.2 Å². The van der Waals surface area contributed by atoms with Gasteiger partial charge in [-0.15, -0.1) is 0 Å². The topological polar surface area (TPSA) is 108 Å². The lowest BCUT2D eigenvalue weighted by atomic mass is 10.0. The van der Waals surface area contributed by atoms with Crippen LogP contribution in [0.4, 0.5) is 5.69 Å². The van der Waals surface area contributed by atoms with Crippen molar-refractivity contribution in [1.82, 2.24) is 14.9 Å². The molecule has 0 amide bonds. The highest BCUT2D eigenvalue weighted by molar-refractivity contribution is 6.11. The van der Waals surface area contributed by atoms with E-state index in [0.717, 1.165) is 43.1 Å². The van der Waals surface area contributed by atoms with Crippen molar-refractivity contribution in [2.24, 2.45) is 0 Å². The van der Waals surface area contributed by atoms with E-state index in [9.17, 15) is 14.7 Å². The van der Waals surface area contributed by atoms with Gasteiger partial charge in [0.25, 0.3) is 5.56 Å². The number of para-hydroxylation sites is 1. The summed E-state index contributed by atoms with van der Waals surface area (Å²) in [5.74, 6) is 1.14. The van der Waals surface area contributed by atoms with Crippen LogP contribution in [-0.4, -0.2) is 71.1 Å². The number of ketones is 1. The summed E-state index contributed by atoms with van der Waals surface area (Å²) in [5, 5.41) is 9.61. The first-order valence-electron chi connectivity index (χ1n) is 14.6. The van der Waals surface area contributed by atoms with Gasteiger partial charge in [-0.25, -0.2) is 4.98 Å². The highest BCUT2D eigenvalue weighted by Gasteiger charge is 2.26. The minimum absolute atomic E-state index is 0.0661. The van der Waals surface area contributed by atoms with Crippen molar-refractivity contribution >= 4 is 11.5 Å². The third kappa shape index (κ3) is 7.61. The van der Waals surface area contributed by atoms with Crippen LogP contribution in [0, 0.1) is 0 Å². The number of hydrogen-bond donors (Lipinski definition) is 2. The third-order valence-corrected chi connectivity index (χ3v) is 7.48. The van der Waals surface area contributed by atoms with Gasteiger partial charge in [0.2, 0.25) is 0 Å². The molecule has 0 saturated carbocycles. The van der Waals surface area contributed by atoms with E-state index in [1.807, 2.05) is 69.3 Å². The lowest BCUT2D eigenvalue weighted by Crippen LogP contribution is -2.51. The summed E-state index contributed by atoms with van der Waals surface area (Å²) in [7, 11) is 0. The average Bonchev–Trinajstić information content (AvgIpc) is 2.98. The van der Waals surface area contributed by atoms with Gasteiger partial charge in [0.1, 0.15) is 12.1 Å². The van der Waals surface area contributed by atoms with Gasteiger partial charge in [-0.2, -0.15) is 0 Å². The van der Waals surface area contributed by atoms with Crippen LogP contribution in [0.15, 0.2) is 53.3 Å². The van der Waals surface area contributed by atoms with Crippen molar-refractivity contribution in [3.05, 3.63) is 87.1 Å². The molecule has 2 heterocycles. The van der Waals surface area contributed by atoms with Gasteiger partial charge >= 0.3 is 0 Å². The van der Waals surface area contributed by atoms with E-state index in [2.05, 4.69) is 19.8 Å². The van der Waals surface area contributed by atoms with Crippen LogP contribution in [0.2, 0.25) is 0 Å². The van der Waals surface area contributed by atoms with E-state index in [-0.39, 0.29) is 17.6 Å². The molecule has 1 aromatic heterocycles. The second-order valence-corrected chi connectivity index (χ2v) is 10.3. The quantitative estimate of drug-likeness (QED) is 0.183. The monoisotopic (exact) mass is 562 g/mol. The highest BCUT2D eigenvalue weighted by atomic mass is 16.6. The predicted molar refractivity (Wildman–Crippen MR) is 160 cm³/mol. The Kier molecular flexibility index (Phi) is 10.7. The molecule has 0 radical (unpaired) electrons. The van der Waals surface area contributed by atoms with E-state index in [4.69, 9.17) is 9.47 Å². The molecule has 4 rings (SSSR count). The number of nitrogens with one attached hydrogen (secondary N) is 1. The maximum atomic E-state index is 13.6. The van der Waals surface area contributed by atoms with Crippen LogP contribution < -0.4 is 15.2 Å². The molecule has 2 N–H and O–H groups in total. The average molecular weight is 563 g/mol. The van der Waals surface area contributed by atoms with E-state index >= 15 is 0 Å². The largest absolute Gasteiger partial charge is 0.491 e. The van der Waals surface area contributed by atoms with Crippen LogP contribution in [0.25, 0.3) is 0 Å². The normalized spacial score (nSPS) is 15.5. The SMILES string of the molecule is CCc1nc(CCCOc2c(C(=O)c3ccccc3)cccc2N2CCN(C(C)OC(C)O)CC2)[nH]c(=O)c1CC. The summed E-state index contributed by atoms with van der Waals surface area (Å²) in [5.41, 5.74) is 3.53. The molecule has 0 spiro atoms. The molecule has 1 aliphatic rings. The lowest BCUT2D eigenvalue weighted by molar-refractivity contribution is -0.166. The van der Waals surface area contributed by atoms with Crippen molar-refractivity contribution < 1.29 is 19.4 Å². The Labute approximate surface area is 242 Å². The van der Waals surface area contributed by atoms with E-state index in [0.29, 0.717) is 55.0 Å². The van der Waals surface area contributed by atoms with Crippen molar-refractivity contribution in [2.45, 2.75) is 65.9 Å². The molecule has 220 valence electrons.